The van der Waals surface area contributed by atoms with Crippen LogP contribution in [0, 0.1) is 6.92 Å². The van der Waals surface area contributed by atoms with Crippen molar-refractivity contribution in [3.8, 4) is 10.4 Å². The van der Waals surface area contributed by atoms with Crippen LogP contribution < -0.4 is 5.73 Å². The van der Waals surface area contributed by atoms with E-state index in [1.165, 1.54) is 10.4 Å². The number of benzene rings is 1. The van der Waals surface area contributed by atoms with Gasteiger partial charge in [-0.2, -0.15) is 0 Å². The molecule has 1 aromatic carbocycles. The molecule has 1 heterocycles. The Morgan fingerprint density at radius 1 is 1.15 bits per heavy atom. The highest BCUT2D eigenvalue weighted by molar-refractivity contribution is 7.13. The van der Waals surface area contributed by atoms with E-state index in [2.05, 4.69) is 24.4 Å². The van der Waals surface area contributed by atoms with E-state index in [0.717, 1.165) is 11.3 Å². The molecule has 0 fully saturated rings. The van der Waals surface area contributed by atoms with Gasteiger partial charge in [-0.05, 0) is 30.0 Å². The monoisotopic (exact) mass is 189 g/mol. The van der Waals surface area contributed by atoms with Gasteiger partial charge in [0.15, 0.2) is 0 Å². The second-order valence-corrected chi connectivity index (χ2v) is 3.94. The summed E-state index contributed by atoms with van der Waals surface area (Å²) in [5.41, 5.74) is 9.18. The molecule has 66 valence electrons. The Bertz CT molecular complexity index is 418. The molecule has 1 nitrogen and oxygen atoms in total. The lowest BCUT2D eigenvalue weighted by molar-refractivity contribution is 1.54. The molecule has 0 bridgehead atoms. The first kappa shape index (κ1) is 8.32. The maximum absolute atomic E-state index is 5.89. The third-order valence-corrected chi connectivity index (χ3v) is 3.12. The van der Waals surface area contributed by atoms with Gasteiger partial charge in [0.1, 0.15) is 0 Å². The van der Waals surface area contributed by atoms with Gasteiger partial charge in [0.05, 0.1) is 0 Å². The molecule has 0 atom stereocenters. The molecule has 0 spiro atoms. The Hall–Kier alpha value is -1.28. The van der Waals surface area contributed by atoms with Gasteiger partial charge in [-0.3, -0.25) is 0 Å². The average molecular weight is 189 g/mol. The maximum atomic E-state index is 5.89. The third-order valence-electron chi connectivity index (χ3n) is 2.07. The van der Waals surface area contributed by atoms with Crippen molar-refractivity contribution in [3.63, 3.8) is 0 Å². The molecule has 2 aromatic rings. The van der Waals surface area contributed by atoms with Crippen LogP contribution in [0.4, 0.5) is 5.69 Å². The summed E-state index contributed by atoms with van der Waals surface area (Å²) in [6, 6.07) is 10.1. The molecule has 13 heavy (non-hydrogen) atoms. The van der Waals surface area contributed by atoms with Gasteiger partial charge >= 0.3 is 0 Å². The smallest absolute Gasteiger partial charge is 0.0402 e. The fourth-order valence-corrected chi connectivity index (χ4v) is 2.33. The van der Waals surface area contributed by atoms with Crippen LogP contribution in [0.2, 0.25) is 0 Å². The number of nitrogens with two attached hydrogens (primary N) is 1. The van der Waals surface area contributed by atoms with Crippen LogP contribution in [0.5, 0.6) is 0 Å². The number of hydrogen-bond donors (Lipinski definition) is 1. The van der Waals surface area contributed by atoms with E-state index in [4.69, 9.17) is 5.73 Å². The zero-order valence-corrected chi connectivity index (χ0v) is 8.27. The predicted molar refractivity (Wildman–Crippen MR) is 58.9 cm³/mol. The molecule has 1 aromatic heterocycles. The minimum atomic E-state index is 0.855. The normalized spacial score (nSPS) is 10.2. The van der Waals surface area contributed by atoms with E-state index < -0.39 is 0 Å². The SMILES string of the molecule is Cc1ccsc1-c1ccccc1N. The van der Waals surface area contributed by atoms with Crippen LogP contribution in [0.1, 0.15) is 5.56 Å². The zero-order valence-electron chi connectivity index (χ0n) is 7.45. The third kappa shape index (κ3) is 1.45. The van der Waals surface area contributed by atoms with Crippen LogP contribution in [0.15, 0.2) is 35.7 Å². The Kier molecular flexibility index (Phi) is 2.07. The number of nitrogen functional groups attached to an aromatic ring is 1. The van der Waals surface area contributed by atoms with Crippen molar-refractivity contribution >= 4 is 17.0 Å². The van der Waals surface area contributed by atoms with Gasteiger partial charge in [-0.1, -0.05) is 18.2 Å². The van der Waals surface area contributed by atoms with Crippen LogP contribution in [-0.2, 0) is 0 Å². The van der Waals surface area contributed by atoms with Crippen molar-refractivity contribution in [2.45, 2.75) is 6.92 Å². The summed E-state index contributed by atoms with van der Waals surface area (Å²) >= 11 is 1.74. The van der Waals surface area contributed by atoms with Crippen molar-refractivity contribution in [3.05, 3.63) is 41.3 Å². The fraction of sp³-hybridized carbons (Fsp3) is 0.0909. The van der Waals surface area contributed by atoms with Crippen molar-refractivity contribution in [2.24, 2.45) is 0 Å². The highest BCUT2D eigenvalue weighted by atomic mass is 32.1. The van der Waals surface area contributed by atoms with Gasteiger partial charge in [0, 0.05) is 16.1 Å². The lowest BCUT2D eigenvalue weighted by atomic mass is 10.1. The molecular formula is C11H11NS. The minimum absolute atomic E-state index is 0.855. The summed E-state index contributed by atoms with van der Waals surface area (Å²) in [5.74, 6) is 0. The van der Waals surface area contributed by atoms with Gasteiger partial charge in [0.25, 0.3) is 0 Å². The first-order chi connectivity index (χ1) is 6.29. The Balaban J connectivity index is 2.59. The van der Waals surface area contributed by atoms with Crippen molar-refractivity contribution < 1.29 is 0 Å². The number of anilines is 1. The van der Waals surface area contributed by atoms with Crippen molar-refractivity contribution in [1.82, 2.24) is 0 Å². The number of para-hydroxylation sites is 1. The second kappa shape index (κ2) is 3.23. The summed E-state index contributed by atoms with van der Waals surface area (Å²) in [4.78, 5) is 1.28. The molecule has 0 unspecified atom stereocenters. The predicted octanol–water partition coefficient (Wildman–Crippen LogP) is 3.31. The van der Waals surface area contributed by atoms with E-state index in [1.54, 1.807) is 11.3 Å². The molecule has 2 heteroatoms. The molecule has 0 saturated carbocycles. The topological polar surface area (TPSA) is 26.0 Å². The molecule has 0 aliphatic carbocycles. The second-order valence-electron chi connectivity index (χ2n) is 3.02. The van der Waals surface area contributed by atoms with E-state index in [9.17, 15) is 0 Å². The summed E-state index contributed by atoms with van der Waals surface area (Å²) in [6.07, 6.45) is 0. The lowest BCUT2D eigenvalue weighted by Gasteiger charge is -2.03. The largest absolute Gasteiger partial charge is 0.398 e. The van der Waals surface area contributed by atoms with E-state index in [0.29, 0.717) is 0 Å². The van der Waals surface area contributed by atoms with Crippen molar-refractivity contribution in [2.75, 3.05) is 5.73 Å². The molecule has 0 aliphatic heterocycles. The molecular weight excluding hydrogens is 178 g/mol. The highest BCUT2D eigenvalue weighted by Crippen LogP contribution is 2.32. The number of aryl methyl sites for hydroxylation is 1. The van der Waals surface area contributed by atoms with Gasteiger partial charge < -0.3 is 5.73 Å². The van der Waals surface area contributed by atoms with Gasteiger partial charge in [-0.25, -0.2) is 0 Å². The molecule has 0 amide bonds. The first-order valence-corrected chi connectivity index (χ1v) is 5.06. The standard InChI is InChI=1S/C11H11NS/c1-8-6-7-13-11(8)9-4-2-3-5-10(9)12/h2-7H,12H2,1H3. The molecule has 0 saturated heterocycles. The Morgan fingerprint density at radius 3 is 2.54 bits per heavy atom. The van der Waals surface area contributed by atoms with Gasteiger partial charge in [-0.15, -0.1) is 11.3 Å². The van der Waals surface area contributed by atoms with E-state index in [1.807, 2.05) is 18.2 Å². The minimum Gasteiger partial charge on any atom is -0.398 e. The fourth-order valence-electron chi connectivity index (χ4n) is 1.35. The van der Waals surface area contributed by atoms with Gasteiger partial charge in [0.2, 0.25) is 0 Å². The average Bonchev–Trinajstić information content (AvgIpc) is 2.52. The van der Waals surface area contributed by atoms with Crippen LogP contribution in [0.3, 0.4) is 0 Å². The van der Waals surface area contributed by atoms with E-state index >= 15 is 0 Å². The summed E-state index contributed by atoms with van der Waals surface area (Å²) in [7, 11) is 0. The lowest BCUT2D eigenvalue weighted by Crippen LogP contribution is -1.87. The quantitative estimate of drug-likeness (QED) is 0.684. The highest BCUT2D eigenvalue weighted by Gasteiger charge is 2.05. The Morgan fingerprint density at radius 2 is 1.92 bits per heavy atom. The van der Waals surface area contributed by atoms with Crippen LogP contribution >= 0.6 is 11.3 Å². The first-order valence-electron chi connectivity index (χ1n) is 4.18. The van der Waals surface area contributed by atoms with Crippen LogP contribution in [0.25, 0.3) is 10.4 Å². The maximum Gasteiger partial charge on any atom is 0.0402 e. The Labute approximate surface area is 81.8 Å². The molecule has 2 rings (SSSR count). The number of thiophene rings is 1. The van der Waals surface area contributed by atoms with Crippen LogP contribution in [-0.4, -0.2) is 0 Å². The molecule has 2 N–H and O–H groups in total. The molecule has 0 radical (unpaired) electrons. The zero-order chi connectivity index (χ0) is 9.26. The number of rotatable bonds is 1. The summed E-state index contributed by atoms with van der Waals surface area (Å²) in [5, 5.41) is 2.09. The molecule has 0 aliphatic rings. The summed E-state index contributed by atoms with van der Waals surface area (Å²) < 4.78 is 0. The van der Waals surface area contributed by atoms with E-state index in [-0.39, 0.29) is 0 Å². The number of hydrogen-bond acceptors (Lipinski definition) is 2. The summed E-state index contributed by atoms with van der Waals surface area (Å²) in [6.45, 7) is 2.11. The van der Waals surface area contributed by atoms with Crippen molar-refractivity contribution in [1.29, 1.82) is 0 Å².